The highest BCUT2D eigenvalue weighted by molar-refractivity contribution is 7.14. The maximum atomic E-state index is 12.4. The molecule has 0 unspecified atom stereocenters. The average molecular weight is 364 g/mol. The molecular formula is C21H20N2O2S. The quantitative estimate of drug-likeness (QED) is 0.632. The number of ketones is 1. The molecule has 0 fully saturated rings. The lowest BCUT2D eigenvalue weighted by Gasteiger charge is -2.08. The van der Waals surface area contributed by atoms with Gasteiger partial charge in [-0.25, -0.2) is 4.79 Å². The number of anilines is 1. The number of carbonyl (C=O) groups excluding carboxylic acids is 2. The van der Waals surface area contributed by atoms with Gasteiger partial charge in [0.05, 0.1) is 11.4 Å². The van der Waals surface area contributed by atoms with Crippen LogP contribution in [-0.4, -0.2) is 11.8 Å². The molecule has 2 amide bonds. The molecule has 0 aliphatic carbocycles. The summed E-state index contributed by atoms with van der Waals surface area (Å²) in [6, 6.07) is 18.5. The van der Waals surface area contributed by atoms with Gasteiger partial charge in [0, 0.05) is 16.1 Å². The van der Waals surface area contributed by atoms with Gasteiger partial charge < -0.3 is 10.6 Å². The van der Waals surface area contributed by atoms with Crippen LogP contribution in [-0.2, 0) is 6.54 Å². The van der Waals surface area contributed by atoms with Crippen molar-refractivity contribution in [1.29, 1.82) is 0 Å². The van der Waals surface area contributed by atoms with E-state index in [2.05, 4.69) is 16.7 Å². The summed E-state index contributed by atoms with van der Waals surface area (Å²) < 4.78 is 0. The van der Waals surface area contributed by atoms with Gasteiger partial charge >= 0.3 is 6.03 Å². The number of thiophene rings is 1. The molecule has 2 aromatic carbocycles. The second kappa shape index (κ2) is 7.97. The monoisotopic (exact) mass is 364 g/mol. The number of carbonyl (C=O) groups is 2. The molecule has 3 rings (SSSR count). The zero-order valence-electron chi connectivity index (χ0n) is 14.7. The molecule has 0 aliphatic rings. The second-order valence-electron chi connectivity index (χ2n) is 6.15. The number of hydrogen-bond donors (Lipinski definition) is 2. The summed E-state index contributed by atoms with van der Waals surface area (Å²) in [6.45, 7) is 4.36. The van der Waals surface area contributed by atoms with Crippen molar-refractivity contribution in [1.82, 2.24) is 5.32 Å². The van der Waals surface area contributed by atoms with Gasteiger partial charge in [-0.15, -0.1) is 11.3 Å². The van der Waals surface area contributed by atoms with E-state index in [1.807, 2.05) is 50.2 Å². The van der Waals surface area contributed by atoms with Gasteiger partial charge in [-0.05, 0) is 49.2 Å². The largest absolute Gasteiger partial charge is 0.333 e. The SMILES string of the molecule is Cc1cc(C)cc(NC(=O)NCc2ccc(C(=O)c3ccccc3)s2)c1. The van der Waals surface area contributed by atoms with E-state index in [1.54, 1.807) is 18.2 Å². The van der Waals surface area contributed by atoms with Gasteiger partial charge in [-0.2, -0.15) is 0 Å². The molecule has 0 atom stereocenters. The second-order valence-corrected chi connectivity index (χ2v) is 7.31. The zero-order chi connectivity index (χ0) is 18.5. The van der Waals surface area contributed by atoms with Gasteiger partial charge in [0.2, 0.25) is 5.78 Å². The van der Waals surface area contributed by atoms with E-state index in [0.717, 1.165) is 21.7 Å². The first-order chi connectivity index (χ1) is 12.5. The number of amides is 2. The molecule has 0 saturated carbocycles. The highest BCUT2D eigenvalue weighted by Crippen LogP contribution is 2.20. The minimum absolute atomic E-state index is 0.00142. The Morgan fingerprint density at radius 1 is 0.923 bits per heavy atom. The summed E-state index contributed by atoms with van der Waals surface area (Å²) in [6.07, 6.45) is 0. The molecule has 3 aromatic rings. The summed E-state index contributed by atoms with van der Waals surface area (Å²) in [5, 5.41) is 5.66. The molecular weight excluding hydrogens is 344 g/mol. The maximum absolute atomic E-state index is 12.4. The molecule has 1 heterocycles. The van der Waals surface area contributed by atoms with Gasteiger partial charge in [0.15, 0.2) is 0 Å². The molecule has 0 aliphatic heterocycles. The molecule has 2 N–H and O–H groups in total. The number of rotatable bonds is 5. The first-order valence-electron chi connectivity index (χ1n) is 8.33. The average Bonchev–Trinajstić information content (AvgIpc) is 3.08. The predicted octanol–water partition coefficient (Wildman–Crippen LogP) is 4.92. The zero-order valence-corrected chi connectivity index (χ0v) is 15.5. The van der Waals surface area contributed by atoms with E-state index in [0.29, 0.717) is 17.0 Å². The lowest BCUT2D eigenvalue weighted by atomic mass is 10.1. The molecule has 0 saturated heterocycles. The molecule has 4 nitrogen and oxygen atoms in total. The van der Waals surface area contributed by atoms with Gasteiger partial charge in [0.25, 0.3) is 0 Å². The Morgan fingerprint density at radius 3 is 2.31 bits per heavy atom. The van der Waals surface area contributed by atoms with Crippen LogP contribution in [0, 0.1) is 13.8 Å². The number of urea groups is 1. The summed E-state index contributed by atoms with van der Waals surface area (Å²) in [7, 11) is 0. The Kier molecular flexibility index (Phi) is 5.49. The van der Waals surface area contributed by atoms with Gasteiger partial charge in [-0.3, -0.25) is 4.79 Å². The number of nitrogens with one attached hydrogen (secondary N) is 2. The Hall–Kier alpha value is -2.92. The molecule has 0 spiro atoms. The highest BCUT2D eigenvalue weighted by atomic mass is 32.1. The fourth-order valence-electron chi connectivity index (χ4n) is 2.72. The molecule has 0 radical (unpaired) electrons. The van der Waals surface area contributed by atoms with Gasteiger partial charge in [0.1, 0.15) is 0 Å². The molecule has 5 heteroatoms. The summed E-state index contributed by atoms with van der Waals surface area (Å²) >= 11 is 1.40. The van der Waals surface area contributed by atoms with Crippen LogP contribution >= 0.6 is 11.3 Å². The van der Waals surface area contributed by atoms with Crippen molar-refractivity contribution >= 4 is 28.8 Å². The minimum Gasteiger partial charge on any atom is -0.333 e. The minimum atomic E-state index is -0.265. The third kappa shape index (κ3) is 4.58. The summed E-state index contributed by atoms with van der Waals surface area (Å²) in [4.78, 5) is 26.1. The first kappa shape index (κ1) is 17.9. The van der Waals surface area contributed by atoms with Crippen molar-refractivity contribution in [3.05, 3.63) is 87.1 Å². The Bertz CT molecular complexity index is 912. The lowest BCUT2D eigenvalue weighted by Crippen LogP contribution is -2.27. The third-order valence-electron chi connectivity index (χ3n) is 3.82. The number of hydrogen-bond acceptors (Lipinski definition) is 3. The standard InChI is InChI=1S/C21H20N2O2S/c1-14-10-15(2)12-17(11-14)23-21(25)22-13-18-8-9-19(26-18)20(24)16-6-4-3-5-7-16/h3-12H,13H2,1-2H3,(H2,22,23,25). The lowest BCUT2D eigenvalue weighted by molar-refractivity contribution is 0.104. The van der Waals surface area contributed by atoms with Crippen LogP contribution in [0.2, 0.25) is 0 Å². The molecule has 1 aromatic heterocycles. The Morgan fingerprint density at radius 2 is 1.62 bits per heavy atom. The summed E-state index contributed by atoms with van der Waals surface area (Å²) in [5.41, 5.74) is 3.64. The Labute approximate surface area is 156 Å². The van der Waals surface area contributed by atoms with Crippen LogP contribution < -0.4 is 10.6 Å². The van der Waals surface area contributed by atoms with Gasteiger partial charge in [-0.1, -0.05) is 36.4 Å². The molecule has 0 bridgehead atoms. The van der Waals surface area contributed by atoms with Crippen LogP contribution in [0.4, 0.5) is 10.5 Å². The van der Waals surface area contributed by atoms with Crippen molar-refractivity contribution < 1.29 is 9.59 Å². The van der Waals surface area contributed by atoms with Crippen LogP contribution in [0.25, 0.3) is 0 Å². The number of aryl methyl sites for hydroxylation is 2. The topological polar surface area (TPSA) is 58.2 Å². The van der Waals surface area contributed by atoms with Crippen molar-refractivity contribution in [3.8, 4) is 0 Å². The number of benzene rings is 2. The van der Waals surface area contributed by atoms with Crippen molar-refractivity contribution in [2.24, 2.45) is 0 Å². The first-order valence-corrected chi connectivity index (χ1v) is 9.14. The van der Waals surface area contributed by atoms with E-state index < -0.39 is 0 Å². The molecule has 132 valence electrons. The van der Waals surface area contributed by atoms with Crippen molar-refractivity contribution in [2.45, 2.75) is 20.4 Å². The fourth-order valence-corrected chi connectivity index (χ4v) is 3.63. The van der Waals surface area contributed by atoms with Crippen LogP contribution in [0.1, 0.15) is 31.2 Å². The van der Waals surface area contributed by atoms with E-state index in [4.69, 9.17) is 0 Å². The Balaban J connectivity index is 1.57. The van der Waals surface area contributed by atoms with Crippen LogP contribution in [0.15, 0.2) is 60.7 Å². The normalized spacial score (nSPS) is 10.4. The highest BCUT2D eigenvalue weighted by Gasteiger charge is 2.12. The van der Waals surface area contributed by atoms with Crippen molar-refractivity contribution in [3.63, 3.8) is 0 Å². The van der Waals surface area contributed by atoms with E-state index in [1.165, 1.54) is 11.3 Å². The van der Waals surface area contributed by atoms with Crippen molar-refractivity contribution in [2.75, 3.05) is 5.32 Å². The smallest absolute Gasteiger partial charge is 0.319 e. The maximum Gasteiger partial charge on any atom is 0.319 e. The van der Waals surface area contributed by atoms with Crippen LogP contribution in [0.3, 0.4) is 0 Å². The van der Waals surface area contributed by atoms with E-state index in [9.17, 15) is 9.59 Å². The van der Waals surface area contributed by atoms with Crippen LogP contribution in [0.5, 0.6) is 0 Å². The van der Waals surface area contributed by atoms with E-state index >= 15 is 0 Å². The van der Waals surface area contributed by atoms with E-state index in [-0.39, 0.29) is 11.8 Å². The molecule has 26 heavy (non-hydrogen) atoms. The summed E-state index contributed by atoms with van der Waals surface area (Å²) in [5.74, 6) is 0.00142. The third-order valence-corrected chi connectivity index (χ3v) is 4.91. The fraction of sp³-hybridized carbons (Fsp3) is 0.143. The predicted molar refractivity (Wildman–Crippen MR) is 106 cm³/mol.